The number of hydrogen-bond donors (Lipinski definition) is 2. The van der Waals surface area contributed by atoms with Crippen LogP contribution in [0.5, 0.6) is 0 Å². The van der Waals surface area contributed by atoms with Crippen molar-refractivity contribution in [2.45, 2.75) is 26.2 Å². The molecule has 1 fully saturated rings. The minimum Gasteiger partial charge on any atom is -0.369 e. The molecule has 1 aromatic rings. The predicted molar refractivity (Wildman–Crippen MR) is 79.6 cm³/mol. The summed E-state index contributed by atoms with van der Waals surface area (Å²) >= 11 is 0. The number of carbonyl (C=O) groups is 3. The lowest BCUT2D eigenvalue weighted by Crippen LogP contribution is -2.28. The van der Waals surface area contributed by atoms with E-state index in [1.807, 2.05) is 6.92 Å². The maximum absolute atomic E-state index is 12.0. The van der Waals surface area contributed by atoms with E-state index in [0.717, 1.165) is 6.42 Å². The van der Waals surface area contributed by atoms with Gasteiger partial charge < -0.3 is 16.0 Å². The van der Waals surface area contributed by atoms with Crippen LogP contribution in [-0.4, -0.2) is 24.3 Å². The number of nitrogens with zero attached hydrogens (tertiary/aromatic N) is 1. The zero-order valence-corrected chi connectivity index (χ0v) is 12.0. The van der Waals surface area contributed by atoms with Crippen molar-refractivity contribution < 1.29 is 14.4 Å². The Bertz CT molecular complexity index is 571. The second kappa shape index (κ2) is 6.39. The third-order valence-corrected chi connectivity index (χ3v) is 3.45. The Labute approximate surface area is 123 Å². The highest BCUT2D eigenvalue weighted by Crippen LogP contribution is 2.27. The summed E-state index contributed by atoms with van der Waals surface area (Å²) in [5.41, 5.74) is 6.56. The molecule has 0 saturated carbocycles. The molecule has 1 heterocycles. The van der Waals surface area contributed by atoms with Crippen LogP contribution in [0.3, 0.4) is 0 Å². The fourth-order valence-electron chi connectivity index (χ4n) is 2.35. The topological polar surface area (TPSA) is 92.5 Å². The zero-order valence-electron chi connectivity index (χ0n) is 12.0. The SMILES string of the molecule is CCCC(=O)Nc1cccc(N2C[C@H](C(N)=O)CC2=O)c1. The lowest BCUT2D eigenvalue weighted by molar-refractivity contribution is -0.123. The second-order valence-corrected chi connectivity index (χ2v) is 5.16. The molecule has 6 heteroatoms. The van der Waals surface area contributed by atoms with Crippen molar-refractivity contribution in [1.82, 2.24) is 0 Å². The van der Waals surface area contributed by atoms with Crippen LogP contribution in [0.2, 0.25) is 0 Å². The number of primary amides is 1. The summed E-state index contributed by atoms with van der Waals surface area (Å²) in [5, 5.41) is 2.79. The van der Waals surface area contributed by atoms with Gasteiger partial charge in [0.15, 0.2) is 0 Å². The highest BCUT2D eigenvalue weighted by atomic mass is 16.2. The van der Waals surface area contributed by atoms with Crippen molar-refractivity contribution >= 4 is 29.1 Å². The first-order valence-corrected chi connectivity index (χ1v) is 7.01. The number of nitrogens with one attached hydrogen (secondary N) is 1. The predicted octanol–water partition coefficient (Wildman–Crippen LogP) is 1.26. The highest BCUT2D eigenvalue weighted by Gasteiger charge is 2.33. The van der Waals surface area contributed by atoms with Crippen LogP contribution < -0.4 is 16.0 Å². The Morgan fingerprint density at radius 3 is 2.81 bits per heavy atom. The summed E-state index contributed by atoms with van der Waals surface area (Å²) in [6.07, 6.45) is 1.37. The lowest BCUT2D eigenvalue weighted by atomic mass is 10.1. The summed E-state index contributed by atoms with van der Waals surface area (Å²) in [6, 6.07) is 7.04. The molecule has 3 amide bonds. The van der Waals surface area contributed by atoms with Gasteiger partial charge in [0, 0.05) is 30.8 Å². The minimum atomic E-state index is -0.460. The molecule has 6 nitrogen and oxygen atoms in total. The van der Waals surface area contributed by atoms with Gasteiger partial charge in [0.25, 0.3) is 0 Å². The van der Waals surface area contributed by atoms with Gasteiger partial charge in [-0.2, -0.15) is 0 Å². The highest BCUT2D eigenvalue weighted by molar-refractivity contribution is 6.00. The first kappa shape index (κ1) is 15.0. The Hall–Kier alpha value is -2.37. The van der Waals surface area contributed by atoms with E-state index in [9.17, 15) is 14.4 Å². The smallest absolute Gasteiger partial charge is 0.227 e. The van der Waals surface area contributed by atoms with Crippen LogP contribution in [0, 0.1) is 5.92 Å². The van der Waals surface area contributed by atoms with E-state index < -0.39 is 11.8 Å². The van der Waals surface area contributed by atoms with Crippen molar-refractivity contribution in [3.05, 3.63) is 24.3 Å². The number of carbonyl (C=O) groups excluding carboxylic acids is 3. The van der Waals surface area contributed by atoms with E-state index in [4.69, 9.17) is 5.73 Å². The largest absolute Gasteiger partial charge is 0.369 e. The molecular formula is C15H19N3O3. The maximum atomic E-state index is 12.0. The van der Waals surface area contributed by atoms with Crippen molar-refractivity contribution in [3.8, 4) is 0 Å². The van der Waals surface area contributed by atoms with E-state index in [2.05, 4.69) is 5.32 Å². The van der Waals surface area contributed by atoms with Crippen molar-refractivity contribution in [2.24, 2.45) is 11.7 Å². The van der Waals surface area contributed by atoms with E-state index in [1.54, 1.807) is 24.3 Å². The number of amides is 3. The average Bonchev–Trinajstić information content (AvgIpc) is 2.81. The van der Waals surface area contributed by atoms with E-state index >= 15 is 0 Å². The zero-order chi connectivity index (χ0) is 15.4. The number of rotatable bonds is 5. The molecule has 21 heavy (non-hydrogen) atoms. The van der Waals surface area contributed by atoms with E-state index in [1.165, 1.54) is 4.90 Å². The van der Waals surface area contributed by atoms with Crippen molar-refractivity contribution in [1.29, 1.82) is 0 Å². The molecule has 0 spiro atoms. The average molecular weight is 289 g/mol. The molecule has 2 rings (SSSR count). The number of nitrogens with two attached hydrogens (primary N) is 1. The van der Waals surface area contributed by atoms with Crippen LogP contribution in [0.15, 0.2) is 24.3 Å². The summed E-state index contributed by atoms with van der Waals surface area (Å²) < 4.78 is 0. The molecule has 1 saturated heterocycles. The van der Waals surface area contributed by atoms with Crippen LogP contribution in [-0.2, 0) is 14.4 Å². The quantitative estimate of drug-likeness (QED) is 0.854. The molecule has 1 aliphatic rings. The summed E-state index contributed by atoms with van der Waals surface area (Å²) in [4.78, 5) is 36.3. The van der Waals surface area contributed by atoms with Gasteiger partial charge in [0.2, 0.25) is 17.7 Å². The lowest BCUT2D eigenvalue weighted by Gasteiger charge is -2.17. The third-order valence-electron chi connectivity index (χ3n) is 3.45. The standard InChI is InChI=1S/C15H19N3O3/c1-2-4-13(19)17-11-5-3-6-12(8-11)18-9-10(15(16)21)7-14(18)20/h3,5-6,8,10H,2,4,7,9H2,1H3,(H2,16,21)(H,17,19)/t10-/m1/s1. The van der Waals surface area contributed by atoms with Gasteiger partial charge in [-0.3, -0.25) is 14.4 Å². The normalized spacial score (nSPS) is 17.9. The fourth-order valence-corrected chi connectivity index (χ4v) is 2.35. The molecule has 0 bridgehead atoms. The molecular weight excluding hydrogens is 270 g/mol. The van der Waals surface area contributed by atoms with E-state index in [-0.39, 0.29) is 18.2 Å². The van der Waals surface area contributed by atoms with Gasteiger partial charge in [-0.05, 0) is 24.6 Å². The van der Waals surface area contributed by atoms with Crippen LogP contribution in [0.4, 0.5) is 11.4 Å². The molecule has 3 N–H and O–H groups in total. The summed E-state index contributed by atoms with van der Waals surface area (Å²) in [6.45, 7) is 2.23. The van der Waals surface area contributed by atoms with Crippen LogP contribution in [0.1, 0.15) is 26.2 Å². The first-order valence-electron chi connectivity index (χ1n) is 7.01. The molecule has 0 aromatic heterocycles. The molecule has 112 valence electrons. The van der Waals surface area contributed by atoms with Gasteiger partial charge in [-0.15, -0.1) is 0 Å². The molecule has 1 atom stereocenters. The molecule has 1 aromatic carbocycles. The Balaban J connectivity index is 2.12. The van der Waals surface area contributed by atoms with Crippen LogP contribution in [0.25, 0.3) is 0 Å². The van der Waals surface area contributed by atoms with Gasteiger partial charge in [0.1, 0.15) is 0 Å². The Kier molecular flexibility index (Phi) is 4.57. The van der Waals surface area contributed by atoms with Crippen LogP contribution >= 0.6 is 0 Å². The molecule has 0 aliphatic carbocycles. The van der Waals surface area contributed by atoms with Gasteiger partial charge in [0.05, 0.1) is 5.92 Å². The van der Waals surface area contributed by atoms with Gasteiger partial charge >= 0.3 is 0 Å². The third kappa shape index (κ3) is 3.59. The Morgan fingerprint density at radius 2 is 2.19 bits per heavy atom. The van der Waals surface area contributed by atoms with Gasteiger partial charge in [-0.1, -0.05) is 13.0 Å². The van der Waals surface area contributed by atoms with Crippen molar-refractivity contribution in [3.63, 3.8) is 0 Å². The van der Waals surface area contributed by atoms with Crippen molar-refractivity contribution in [2.75, 3.05) is 16.8 Å². The van der Waals surface area contributed by atoms with Gasteiger partial charge in [-0.25, -0.2) is 0 Å². The monoisotopic (exact) mass is 289 g/mol. The fraction of sp³-hybridized carbons (Fsp3) is 0.400. The number of anilines is 2. The number of hydrogen-bond acceptors (Lipinski definition) is 3. The number of benzene rings is 1. The minimum absolute atomic E-state index is 0.0580. The maximum Gasteiger partial charge on any atom is 0.227 e. The molecule has 0 radical (unpaired) electrons. The summed E-state index contributed by atoms with van der Waals surface area (Å²) in [7, 11) is 0. The first-order chi connectivity index (χ1) is 10.0. The second-order valence-electron chi connectivity index (χ2n) is 5.16. The molecule has 1 aliphatic heterocycles. The summed E-state index contributed by atoms with van der Waals surface area (Å²) in [5.74, 6) is -1.10. The molecule has 0 unspecified atom stereocenters. The van der Waals surface area contributed by atoms with E-state index in [0.29, 0.717) is 24.3 Å². The Morgan fingerprint density at radius 1 is 1.43 bits per heavy atom.